The molecule has 0 unspecified atom stereocenters. The minimum atomic E-state index is -0.378. The lowest BCUT2D eigenvalue weighted by molar-refractivity contribution is 0.0954. The summed E-state index contributed by atoms with van der Waals surface area (Å²) in [7, 11) is 1.62. The Morgan fingerprint density at radius 2 is 2.00 bits per heavy atom. The van der Waals surface area contributed by atoms with E-state index < -0.39 is 0 Å². The molecule has 0 bridgehead atoms. The van der Waals surface area contributed by atoms with E-state index in [2.05, 4.69) is 15.3 Å². The van der Waals surface area contributed by atoms with Gasteiger partial charge in [-0.25, -0.2) is 9.78 Å². The van der Waals surface area contributed by atoms with E-state index in [0.717, 1.165) is 22.4 Å². The summed E-state index contributed by atoms with van der Waals surface area (Å²) < 4.78 is 5.29. The predicted octanol–water partition coefficient (Wildman–Crippen LogP) is 1.37. The average Bonchev–Trinajstić information content (AvgIpc) is 2.49. The zero-order valence-electron chi connectivity index (χ0n) is 12.9. The summed E-state index contributed by atoms with van der Waals surface area (Å²) in [4.78, 5) is 29.2. The molecule has 0 radical (unpaired) electrons. The minimum Gasteiger partial charge on any atom is -0.496 e. The van der Waals surface area contributed by atoms with Crippen molar-refractivity contribution >= 4 is 5.91 Å². The van der Waals surface area contributed by atoms with Crippen molar-refractivity contribution in [3.05, 3.63) is 57.3 Å². The fraction of sp³-hybridized carbons (Fsp3) is 0.312. The molecule has 1 aromatic heterocycles. The van der Waals surface area contributed by atoms with E-state index in [0.29, 0.717) is 18.5 Å². The number of rotatable bonds is 5. The van der Waals surface area contributed by atoms with Gasteiger partial charge in [-0.3, -0.25) is 4.79 Å². The van der Waals surface area contributed by atoms with Gasteiger partial charge < -0.3 is 15.0 Å². The monoisotopic (exact) mass is 301 g/mol. The summed E-state index contributed by atoms with van der Waals surface area (Å²) in [5, 5.41) is 2.85. The number of nitrogens with one attached hydrogen (secondary N) is 2. The van der Waals surface area contributed by atoms with Crippen LogP contribution < -0.4 is 15.7 Å². The van der Waals surface area contributed by atoms with Gasteiger partial charge in [-0.1, -0.05) is 0 Å². The molecule has 6 nitrogen and oxygen atoms in total. The standard InChI is InChI=1S/C16H19N3O3/c1-10-6-13(7-11(2)14(10)22-3)15(20)17-5-4-12-8-18-16(21)19-9-12/h6-9H,4-5H2,1-3H3,(H,17,20)(H,18,19,21). The van der Waals surface area contributed by atoms with Crippen LogP contribution in [0.3, 0.4) is 0 Å². The SMILES string of the molecule is COc1c(C)cc(C(=O)NCCc2cnc(=O)[nH]c2)cc1C. The van der Waals surface area contributed by atoms with Crippen molar-refractivity contribution in [1.82, 2.24) is 15.3 Å². The molecule has 1 amide bonds. The number of aryl methyl sites for hydroxylation is 2. The van der Waals surface area contributed by atoms with E-state index in [1.165, 1.54) is 6.20 Å². The third-order valence-corrected chi connectivity index (χ3v) is 3.35. The first-order chi connectivity index (χ1) is 10.5. The minimum absolute atomic E-state index is 0.133. The zero-order valence-corrected chi connectivity index (χ0v) is 12.9. The Morgan fingerprint density at radius 3 is 2.55 bits per heavy atom. The van der Waals surface area contributed by atoms with Crippen molar-refractivity contribution in [1.29, 1.82) is 0 Å². The molecular formula is C16H19N3O3. The smallest absolute Gasteiger partial charge is 0.344 e. The van der Waals surface area contributed by atoms with Crippen LogP contribution >= 0.6 is 0 Å². The van der Waals surface area contributed by atoms with Crippen molar-refractivity contribution in [3.8, 4) is 5.75 Å². The fourth-order valence-corrected chi connectivity index (χ4v) is 2.33. The fourth-order valence-electron chi connectivity index (χ4n) is 2.33. The Labute approximate surface area is 128 Å². The summed E-state index contributed by atoms with van der Waals surface area (Å²) in [5.41, 5.74) is 2.95. The van der Waals surface area contributed by atoms with Crippen molar-refractivity contribution in [3.63, 3.8) is 0 Å². The van der Waals surface area contributed by atoms with E-state index in [9.17, 15) is 9.59 Å². The molecule has 0 spiro atoms. The molecule has 0 fully saturated rings. The van der Waals surface area contributed by atoms with Crippen LogP contribution in [-0.2, 0) is 6.42 Å². The Balaban J connectivity index is 1.97. The molecule has 116 valence electrons. The molecule has 0 aliphatic heterocycles. The lowest BCUT2D eigenvalue weighted by atomic mass is 10.1. The third-order valence-electron chi connectivity index (χ3n) is 3.35. The van der Waals surface area contributed by atoms with E-state index in [1.807, 2.05) is 26.0 Å². The van der Waals surface area contributed by atoms with Crippen molar-refractivity contribution < 1.29 is 9.53 Å². The summed E-state index contributed by atoms with van der Waals surface area (Å²) in [6, 6.07) is 3.62. The Morgan fingerprint density at radius 1 is 1.32 bits per heavy atom. The van der Waals surface area contributed by atoms with Gasteiger partial charge in [-0.05, 0) is 49.1 Å². The normalized spacial score (nSPS) is 10.3. The lowest BCUT2D eigenvalue weighted by Crippen LogP contribution is -2.26. The van der Waals surface area contributed by atoms with Crippen LogP contribution in [0.15, 0.2) is 29.3 Å². The molecular weight excluding hydrogens is 282 g/mol. The number of nitrogens with zero attached hydrogens (tertiary/aromatic N) is 1. The number of benzene rings is 1. The van der Waals surface area contributed by atoms with Crippen molar-refractivity contribution in [2.24, 2.45) is 0 Å². The number of hydrogen-bond acceptors (Lipinski definition) is 4. The summed E-state index contributed by atoms with van der Waals surface area (Å²) >= 11 is 0. The number of amides is 1. The molecule has 2 aromatic rings. The molecule has 0 saturated carbocycles. The molecule has 0 aliphatic rings. The van der Waals surface area contributed by atoms with Gasteiger partial charge in [-0.2, -0.15) is 0 Å². The number of hydrogen-bond donors (Lipinski definition) is 2. The zero-order chi connectivity index (χ0) is 16.1. The van der Waals surface area contributed by atoms with Crippen LogP contribution in [0.25, 0.3) is 0 Å². The molecule has 0 atom stereocenters. The first-order valence-corrected chi connectivity index (χ1v) is 6.98. The van der Waals surface area contributed by atoms with Gasteiger partial charge in [0.15, 0.2) is 0 Å². The highest BCUT2D eigenvalue weighted by molar-refractivity contribution is 5.94. The van der Waals surface area contributed by atoms with Crippen LogP contribution in [0.5, 0.6) is 5.75 Å². The quantitative estimate of drug-likeness (QED) is 0.873. The average molecular weight is 301 g/mol. The molecule has 0 aliphatic carbocycles. The molecule has 1 aromatic carbocycles. The van der Waals surface area contributed by atoms with Gasteiger partial charge in [0.2, 0.25) is 0 Å². The van der Waals surface area contributed by atoms with Crippen LogP contribution in [-0.4, -0.2) is 29.5 Å². The molecule has 6 heteroatoms. The molecule has 22 heavy (non-hydrogen) atoms. The number of H-pyrrole nitrogens is 1. The Kier molecular flexibility index (Phi) is 4.93. The second-order valence-electron chi connectivity index (χ2n) is 5.08. The van der Waals surface area contributed by atoms with Crippen LogP contribution in [0.1, 0.15) is 27.0 Å². The molecule has 2 N–H and O–H groups in total. The van der Waals surface area contributed by atoms with Gasteiger partial charge in [0.1, 0.15) is 5.75 Å². The predicted molar refractivity (Wildman–Crippen MR) is 83.4 cm³/mol. The third kappa shape index (κ3) is 3.72. The number of aromatic nitrogens is 2. The molecule has 0 saturated heterocycles. The molecule has 2 rings (SSSR count). The maximum Gasteiger partial charge on any atom is 0.344 e. The summed E-state index contributed by atoms with van der Waals surface area (Å²) in [6.07, 6.45) is 3.71. The highest BCUT2D eigenvalue weighted by Crippen LogP contribution is 2.24. The summed E-state index contributed by atoms with van der Waals surface area (Å²) in [5.74, 6) is 0.669. The number of methoxy groups -OCH3 is 1. The van der Waals surface area contributed by atoms with E-state index in [4.69, 9.17) is 4.74 Å². The lowest BCUT2D eigenvalue weighted by Gasteiger charge is -2.11. The Bertz CT molecular complexity index is 694. The van der Waals surface area contributed by atoms with Crippen LogP contribution in [0.2, 0.25) is 0 Å². The second-order valence-corrected chi connectivity index (χ2v) is 5.08. The maximum absolute atomic E-state index is 12.2. The number of ether oxygens (including phenoxy) is 1. The topological polar surface area (TPSA) is 84.1 Å². The summed E-state index contributed by atoms with van der Waals surface area (Å²) in [6.45, 7) is 4.29. The van der Waals surface area contributed by atoms with E-state index in [1.54, 1.807) is 13.3 Å². The second kappa shape index (κ2) is 6.89. The maximum atomic E-state index is 12.2. The van der Waals surface area contributed by atoms with Gasteiger partial charge in [0.05, 0.1) is 7.11 Å². The number of aromatic amines is 1. The van der Waals surface area contributed by atoms with Crippen molar-refractivity contribution in [2.75, 3.05) is 13.7 Å². The number of carbonyl (C=O) groups is 1. The van der Waals surface area contributed by atoms with Crippen LogP contribution in [0, 0.1) is 13.8 Å². The van der Waals surface area contributed by atoms with Crippen molar-refractivity contribution in [2.45, 2.75) is 20.3 Å². The van der Waals surface area contributed by atoms with Gasteiger partial charge in [0.25, 0.3) is 5.91 Å². The van der Waals surface area contributed by atoms with Gasteiger partial charge in [-0.15, -0.1) is 0 Å². The Hall–Kier alpha value is -2.63. The van der Waals surface area contributed by atoms with Gasteiger partial charge >= 0.3 is 5.69 Å². The van der Waals surface area contributed by atoms with E-state index >= 15 is 0 Å². The van der Waals surface area contributed by atoms with Gasteiger partial charge in [0, 0.05) is 24.5 Å². The number of carbonyl (C=O) groups excluding carboxylic acids is 1. The largest absolute Gasteiger partial charge is 0.496 e. The van der Waals surface area contributed by atoms with Crippen LogP contribution in [0.4, 0.5) is 0 Å². The highest BCUT2D eigenvalue weighted by atomic mass is 16.5. The molecule has 1 heterocycles. The first kappa shape index (κ1) is 15.8. The van der Waals surface area contributed by atoms with E-state index in [-0.39, 0.29) is 11.6 Å². The highest BCUT2D eigenvalue weighted by Gasteiger charge is 2.10. The first-order valence-electron chi connectivity index (χ1n) is 6.98.